The number of pyridine rings is 1. The lowest BCUT2D eigenvalue weighted by atomic mass is 10.1. The molecule has 2 amide bonds. The van der Waals surface area contributed by atoms with Crippen LogP contribution in [0.4, 0.5) is 24.5 Å². The van der Waals surface area contributed by atoms with Gasteiger partial charge in [0.15, 0.2) is 11.5 Å². The quantitative estimate of drug-likeness (QED) is 0.524. The summed E-state index contributed by atoms with van der Waals surface area (Å²) in [6, 6.07) is 11.0. The number of ether oxygens (including phenoxy) is 2. The van der Waals surface area contributed by atoms with Crippen molar-refractivity contribution >= 4 is 23.2 Å². The van der Waals surface area contributed by atoms with Crippen LogP contribution in [0.5, 0.6) is 11.5 Å². The molecule has 2 aromatic carbocycles. The monoisotopic (exact) mass is 486 g/mol. The minimum atomic E-state index is -3.78. The van der Waals surface area contributed by atoms with Gasteiger partial charge in [-0.3, -0.25) is 14.6 Å². The van der Waals surface area contributed by atoms with Crippen molar-refractivity contribution < 1.29 is 32.2 Å². The zero-order valence-electron chi connectivity index (χ0n) is 18.8. The van der Waals surface area contributed by atoms with E-state index in [1.54, 1.807) is 32.4 Å². The second-order valence-corrected chi connectivity index (χ2v) is 7.95. The average molecular weight is 486 g/mol. The summed E-state index contributed by atoms with van der Waals surface area (Å²) in [6.07, 6.45) is -2.06. The molecule has 1 aliphatic heterocycles. The number of rotatable bonds is 7. The number of anilines is 2. The molecule has 1 aromatic heterocycles. The lowest BCUT2D eigenvalue weighted by Gasteiger charge is -2.14. The highest BCUT2D eigenvalue weighted by atomic mass is 19.3. The number of halogens is 3. The smallest absolute Gasteiger partial charge is 0.395 e. The number of nitrogens with zero attached hydrogens (tertiary/aromatic N) is 2. The Kier molecular flexibility index (Phi) is 6.50. The Morgan fingerprint density at radius 1 is 1.03 bits per heavy atom. The molecule has 11 heteroatoms. The van der Waals surface area contributed by atoms with Crippen LogP contribution in [0.3, 0.4) is 0 Å². The molecule has 2 N–H and O–H groups in total. The minimum Gasteiger partial charge on any atom is -0.395 e. The molecule has 4 rings (SSSR count). The van der Waals surface area contributed by atoms with E-state index >= 15 is 0 Å². The fourth-order valence-corrected chi connectivity index (χ4v) is 3.33. The molecule has 0 saturated carbocycles. The summed E-state index contributed by atoms with van der Waals surface area (Å²) in [5.74, 6) is -1.77. The first-order valence-electron chi connectivity index (χ1n) is 10.5. The summed E-state index contributed by atoms with van der Waals surface area (Å²) >= 11 is 0. The van der Waals surface area contributed by atoms with Gasteiger partial charge in [-0.1, -0.05) is 0 Å². The largest absolute Gasteiger partial charge is 0.586 e. The lowest BCUT2D eigenvalue weighted by molar-refractivity contribution is -0.286. The van der Waals surface area contributed by atoms with E-state index in [0.717, 1.165) is 11.6 Å². The van der Waals surface area contributed by atoms with Crippen LogP contribution >= 0.6 is 0 Å². The Labute approximate surface area is 198 Å². The zero-order valence-corrected chi connectivity index (χ0v) is 18.8. The first-order valence-corrected chi connectivity index (χ1v) is 10.5. The van der Waals surface area contributed by atoms with Crippen molar-refractivity contribution in [3.05, 3.63) is 77.4 Å². The molecule has 0 atom stereocenters. The molecule has 0 fully saturated rings. The second-order valence-electron chi connectivity index (χ2n) is 7.95. The number of aromatic nitrogens is 1. The van der Waals surface area contributed by atoms with Gasteiger partial charge in [0.05, 0.1) is 12.0 Å². The Balaban J connectivity index is 1.47. The van der Waals surface area contributed by atoms with Crippen molar-refractivity contribution in [1.29, 1.82) is 0 Å². The van der Waals surface area contributed by atoms with Gasteiger partial charge in [-0.2, -0.15) is 0 Å². The molecule has 0 saturated heterocycles. The van der Waals surface area contributed by atoms with Crippen LogP contribution in [-0.2, 0) is 17.8 Å². The number of carbonyl (C=O) groups is 2. The summed E-state index contributed by atoms with van der Waals surface area (Å²) in [6.45, 7) is 0.274. The van der Waals surface area contributed by atoms with Gasteiger partial charge in [-0.15, -0.1) is 8.78 Å². The van der Waals surface area contributed by atoms with Crippen molar-refractivity contribution in [3.63, 3.8) is 0 Å². The van der Waals surface area contributed by atoms with Gasteiger partial charge in [-0.05, 0) is 48.0 Å². The highest BCUT2D eigenvalue weighted by molar-refractivity contribution is 6.08. The molecule has 0 unspecified atom stereocenters. The van der Waals surface area contributed by atoms with E-state index in [1.165, 1.54) is 35.2 Å². The Morgan fingerprint density at radius 3 is 2.57 bits per heavy atom. The minimum absolute atomic E-state index is 0.00469. The summed E-state index contributed by atoms with van der Waals surface area (Å²) < 4.78 is 49.1. The number of alkyl halides is 2. The molecule has 182 valence electrons. The van der Waals surface area contributed by atoms with Crippen molar-refractivity contribution in [1.82, 2.24) is 9.88 Å². The standard InChI is InChI=1S/C24H21F3N4O4/c1-31(2)22(32)12-17-9-14(7-8-28-17)13-29-19-5-3-15(25)10-18(19)23(33)30-16-4-6-20-21(11-16)35-24(26,27)34-20/h3-11,29H,12-13H2,1-2H3,(H,30,33). The summed E-state index contributed by atoms with van der Waals surface area (Å²) in [7, 11) is 3.32. The third-order valence-corrected chi connectivity index (χ3v) is 5.08. The number of hydrogen-bond acceptors (Lipinski definition) is 6. The molecule has 35 heavy (non-hydrogen) atoms. The molecule has 0 aliphatic carbocycles. The van der Waals surface area contributed by atoms with Crippen LogP contribution in [0, 0.1) is 5.82 Å². The van der Waals surface area contributed by atoms with Crippen molar-refractivity contribution in [3.8, 4) is 11.5 Å². The summed E-state index contributed by atoms with van der Waals surface area (Å²) in [4.78, 5) is 30.5. The van der Waals surface area contributed by atoms with E-state index in [4.69, 9.17) is 0 Å². The third-order valence-electron chi connectivity index (χ3n) is 5.08. The van der Waals surface area contributed by atoms with Gasteiger partial charge in [0.25, 0.3) is 5.91 Å². The Morgan fingerprint density at radius 2 is 1.80 bits per heavy atom. The number of fused-ring (bicyclic) bond motifs is 1. The van der Waals surface area contributed by atoms with Crippen LogP contribution in [0.1, 0.15) is 21.6 Å². The first-order chi connectivity index (χ1) is 16.6. The van der Waals surface area contributed by atoms with Gasteiger partial charge in [0.2, 0.25) is 5.91 Å². The molecule has 2 heterocycles. The van der Waals surface area contributed by atoms with E-state index in [2.05, 4.69) is 25.1 Å². The van der Waals surface area contributed by atoms with Crippen LogP contribution in [0.15, 0.2) is 54.7 Å². The Bertz CT molecular complexity index is 1280. The predicted octanol–water partition coefficient (Wildman–Crippen LogP) is 4.04. The molecule has 0 bridgehead atoms. The van der Waals surface area contributed by atoms with Crippen molar-refractivity contribution in [2.24, 2.45) is 0 Å². The Hall–Kier alpha value is -4.28. The first kappa shape index (κ1) is 23.9. The molecule has 3 aromatic rings. The highest BCUT2D eigenvalue weighted by Gasteiger charge is 2.43. The van der Waals surface area contributed by atoms with Gasteiger partial charge in [0.1, 0.15) is 5.82 Å². The lowest BCUT2D eigenvalue weighted by Crippen LogP contribution is -2.25. The number of nitrogens with one attached hydrogen (secondary N) is 2. The number of benzene rings is 2. The van der Waals surface area contributed by atoms with Gasteiger partial charge >= 0.3 is 6.29 Å². The van der Waals surface area contributed by atoms with Crippen molar-refractivity contribution in [2.45, 2.75) is 19.3 Å². The number of hydrogen-bond donors (Lipinski definition) is 2. The number of likely N-dealkylation sites (N-methyl/N-ethyl adjacent to an activating group) is 1. The molecule has 0 radical (unpaired) electrons. The topological polar surface area (TPSA) is 92.8 Å². The van der Waals surface area contributed by atoms with Crippen LogP contribution < -0.4 is 20.1 Å². The molecule has 0 spiro atoms. The van der Waals surface area contributed by atoms with E-state index < -0.39 is 18.0 Å². The number of carbonyl (C=O) groups excluding carboxylic acids is 2. The normalized spacial score (nSPS) is 13.3. The second kappa shape index (κ2) is 9.53. The van der Waals surface area contributed by atoms with Crippen LogP contribution in [-0.4, -0.2) is 42.1 Å². The van der Waals surface area contributed by atoms with Gasteiger partial charge in [-0.25, -0.2) is 4.39 Å². The fraction of sp³-hybridized carbons (Fsp3) is 0.208. The van der Waals surface area contributed by atoms with Crippen molar-refractivity contribution in [2.75, 3.05) is 24.7 Å². The van der Waals surface area contributed by atoms with E-state index in [1.807, 2.05) is 0 Å². The predicted molar refractivity (Wildman–Crippen MR) is 121 cm³/mol. The summed E-state index contributed by atoms with van der Waals surface area (Å²) in [5.41, 5.74) is 1.90. The van der Waals surface area contributed by atoms with Crippen LogP contribution in [0.2, 0.25) is 0 Å². The maximum atomic E-state index is 13.9. The van der Waals surface area contributed by atoms with Gasteiger partial charge in [0, 0.05) is 50.0 Å². The third kappa shape index (κ3) is 5.81. The highest BCUT2D eigenvalue weighted by Crippen LogP contribution is 2.42. The van der Waals surface area contributed by atoms with E-state index in [-0.39, 0.29) is 41.6 Å². The maximum absolute atomic E-state index is 13.9. The van der Waals surface area contributed by atoms with E-state index in [0.29, 0.717) is 11.4 Å². The van der Waals surface area contributed by atoms with Crippen LogP contribution in [0.25, 0.3) is 0 Å². The fourth-order valence-electron chi connectivity index (χ4n) is 3.33. The molecular weight excluding hydrogens is 465 g/mol. The summed E-state index contributed by atoms with van der Waals surface area (Å²) in [5, 5.41) is 5.63. The SMILES string of the molecule is CN(C)C(=O)Cc1cc(CNc2ccc(F)cc2C(=O)Nc2ccc3c(c2)OC(F)(F)O3)ccn1. The van der Waals surface area contributed by atoms with E-state index in [9.17, 15) is 22.8 Å². The molecule has 1 aliphatic rings. The molecule has 8 nitrogen and oxygen atoms in total. The average Bonchev–Trinajstić information content (AvgIpc) is 3.11. The zero-order chi connectivity index (χ0) is 25.2. The number of amides is 2. The maximum Gasteiger partial charge on any atom is 0.586 e. The molecular formula is C24H21F3N4O4. The van der Waals surface area contributed by atoms with Gasteiger partial charge < -0.3 is 25.0 Å².